The largest absolute Gasteiger partial charge is 0.356 e. The molecular weight excluding hydrogens is 376 g/mol. The SMILES string of the molecule is Cc1cccc(NC(=O)CCS(=O)(=O)c2cc(-c3cc(C)no3)ccc2C)c1. The fraction of sp³-hybridized carbons (Fsp3) is 0.238. The Hall–Kier alpha value is -2.93. The third kappa shape index (κ3) is 4.67. The van der Waals surface area contributed by atoms with Crippen molar-refractivity contribution < 1.29 is 17.7 Å². The predicted molar refractivity (Wildman–Crippen MR) is 108 cm³/mol. The minimum atomic E-state index is -3.63. The summed E-state index contributed by atoms with van der Waals surface area (Å²) in [7, 11) is -3.63. The molecule has 0 spiro atoms. The maximum absolute atomic E-state index is 12.8. The molecule has 0 aliphatic carbocycles. The van der Waals surface area contributed by atoms with Crippen LogP contribution in [0, 0.1) is 20.8 Å². The Morgan fingerprint density at radius 3 is 2.54 bits per heavy atom. The molecule has 0 unspecified atom stereocenters. The van der Waals surface area contributed by atoms with Crippen LogP contribution in [0.1, 0.15) is 23.2 Å². The van der Waals surface area contributed by atoms with Crippen molar-refractivity contribution in [3.8, 4) is 11.3 Å². The van der Waals surface area contributed by atoms with E-state index in [4.69, 9.17) is 4.52 Å². The molecule has 1 aromatic heterocycles. The zero-order valence-corrected chi connectivity index (χ0v) is 16.8. The van der Waals surface area contributed by atoms with Crippen molar-refractivity contribution in [3.63, 3.8) is 0 Å². The normalized spacial score (nSPS) is 11.4. The molecule has 1 heterocycles. The lowest BCUT2D eigenvalue weighted by atomic mass is 10.1. The number of hydrogen-bond donors (Lipinski definition) is 1. The summed E-state index contributed by atoms with van der Waals surface area (Å²) in [5.41, 5.74) is 3.64. The van der Waals surface area contributed by atoms with Crippen molar-refractivity contribution in [1.29, 1.82) is 0 Å². The van der Waals surface area contributed by atoms with Crippen LogP contribution < -0.4 is 5.32 Å². The third-order valence-corrected chi connectivity index (χ3v) is 6.19. The van der Waals surface area contributed by atoms with E-state index >= 15 is 0 Å². The van der Waals surface area contributed by atoms with Crippen LogP contribution in [-0.4, -0.2) is 25.2 Å². The Kier molecular flexibility index (Phi) is 5.65. The molecule has 7 heteroatoms. The van der Waals surface area contributed by atoms with Crippen LogP contribution >= 0.6 is 0 Å². The maximum atomic E-state index is 12.8. The van der Waals surface area contributed by atoms with Crippen molar-refractivity contribution >= 4 is 21.4 Å². The second kappa shape index (κ2) is 7.98. The number of sulfone groups is 1. The van der Waals surface area contributed by atoms with E-state index in [-0.39, 0.29) is 23.0 Å². The highest BCUT2D eigenvalue weighted by Gasteiger charge is 2.20. The quantitative estimate of drug-likeness (QED) is 0.676. The van der Waals surface area contributed by atoms with Gasteiger partial charge in [0, 0.05) is 23.7 Å². The van der Waals surface area contributed by atoms with Gasteiger partial charge in [0.1, 0.15) is 0 Å². The maximum Gasteiger partial charge on any atom is 0.225 e. The Morgan fingerprint density at radius 1 is 1.07 bits per heavy atom. The number of hydrogen-bond acceptors (Lipinski definition) is 5. The molecular formula is C21H22N2O4S. The lowest BCUT2D eigenvalue weighted by molar-refractivity contribution is -0.115. The summed E-state index contributed by atoms with van der Waals surface area (Å²) in [5.74, 6) is -0.107. The van der Waals surface area contributed by atoms with Crippen LogP contribution in [0.5, 0.6) is 0 Å². The van der Waals surface area contributed by atoms with Crippen LogP contribution in [0.15, 0.2) is 57.9 Å². The van der Waals surface area contributed by atoms with Gasteiger partial charge in [0.2, 0.25) is 5.91 Å². The van der Waals surface area contributed by atoms with E-state index in [1.807, 2.05) is 25.1 Å². The van der Waals surface area contributed by atoms with Gasteiger partial charge in [0.15, 0.2) is 15.6 Å². The van der Waals surface area contributed by atoms with Crippen LogP contribution in [-0.2, 0) is 14.6 Å². The summed E-state index contributed by atoms with van der Waals surface area (Å²) in [4.78, 5) is 12.4. The molecule has 3 rings (SSSR count). The Morgan fingerprint density at radius 2 is 1.86 bits per heavy atom. The molecule has 28 heavy (non-hydrogen) atoms. The van der Waals surface area contributed by atoms with Gasteiger partial charge >= 0.3 is 0 Å². The number of benzene rings is 2. The number of nitrogens with one attached hydrogen (secondary N) is 1. The van der Waals surface area contributed by atoms with E-state index < -0.39 is 9.84 Å². The predicted octanol–water partition coefficient (Wildman–Crippen LogP) is 4.07. The second-order valence-corrected chi connectivity index (χ2v) is 8.88. The highest BCUT2D eigenvalue weighted by Crippen LogP contribution is 2.26. The standard InChI is InChI=1S/C21H22N2O4S/c1-14-5-4-6-18(11-14)22-21(24)9-10-28(25,26)20-13-17(8-7-15(20)2)19-12-16(3)23-27-19/h4-8,11-13H,9-10H2,1-3H3,(H,22,24). The van der Waals surface area contributed by atoms with Crippen LogP contribution in [0.2, 0.25) is 0 Å². The number of rotatable bonds is 6. The van der Waals surface area contributed by atoms with E-state index in [1.54, 1.807) is 44.2 Å². The molecule has 0 saturated carbocycles. The number of carbonyl (C=O) groups excluding carboxylic acids is 1. The fourth-order valence-corrected chi connectivity index (χ4v) is 4.41. The van der Waals surface area contributed by atoms with E-state index in [2.05, 4.69) is 10.5 Å². The Labute approximate surface area is 164 Å². The number of carbonyl (C=O) groups is 1. The van der Waals surface area contributed by atoms with Crippen LogP contribution in [0.4, 0.5) is 5.69 Å². The molecule has 1 N–H and O–H groups in total. The number of nitrogens with zero attached hydrogens (tertiary/aromatic N) is 1. The summed E-state index contributed by atoms with van der Waals surface area (Å²) in [5, 5.41) is 6.57. The summed E-state index contributed by atoms with van der Waals surface area (Å²) >= 11 is 0. The molecule has 0 saturated heterocycles. The van der Waals surface area contributed by atoms with E-state index in [0.717, 1.165) is 5.56 Å². The first-order valence-electron chi connectivity index (χ1n) is 8.88. The number of amides is 1. The molecule has 0 aliphatic heterocycles. The van der Waals surface area contributed by atoms with Gasteiger partial charge in [-0.2, -0.15) is 0 Å². The highest BCUT2D eigenvalue weighted by molar-refractivity contribution is 7.91. The third-order valence-electron chi connectivity index (χ3n) is 4.34. The molecule has 0 aliphatic rings. The van der Waals surface area contributed by atoms with Gasteiger partial charge in [-0.05, 0) is 50.1 Å². The average molecular weight is 398 g/mol. The minimum absolute atomic E-state index is 0.124. The van der Waals surface area contributed by atoms with Crippen molar-refractivity contribution in [2.45, 2.75) is 32.1 Å². The summed E-state index contributed by atoms with van der Waals surface area (Å²) in [6.07, 6.45) is -0.124. The average Bonchev–Trinajstić information content (AvgIpc) is 3.07. The van der Waals surface area contributed by atoms with Gasteiger partial charge < -0.3 is 9.84 Å². The van der Waals surface area contributed by atoms with Crippen molar-refractivity contribution in [1.82, 2.24) is 5.16 Å². The monoisotopic (exact) mass is 398 g/mol. The molecule has 0 fully saturated rings. The topological polar surface area (TPSA) is 89.3 Å². The first-order chi connectivity index (χ1) is 13.2. The smallest absolute Gasteiger partial charge is 0.225 e. The first-order valence-corrected chi connectivity index (χ1v) is 10.5. The first kappa shape index (κ1) is 19.8. The summed E-state index contributed by atoms with van der Waals surface area (Å²) < 4.78 is 30.9. The van der Waals surface area contributed by atoms with Crippen molar-refractivity contribution in [2.24, 2.45) is 0 Å². The lowest BCUT2D eigenvalue weighted by Gasteiger charge is -2.10. The molecule has 0 bridgehead atoms. The molecule has 6 nitrogen and oxygen atoms in total. The van der Waals surface area contributed by atoms with E-state index in [1.165, 1.54) is 0 Å². The summed E-state index contributed by atoms with van der Waals surface area (Å²) in [6.45, 7) is 5.45. The van der Waals surface area contributed by atoms with Gasteiger partial charge in [-0.25, -0.2) is 8.42 Å². The van der Waals surface area contributed by atoms with Gasteiger partial charge in [-0.1, -0.05) is 29.4 Å². The molecule has 0 radical (unpaired) electrons. The molecule has 146 valence electrons. The number of anilines is 1. The van der Waals surface area contributed by atoms with Gasteiger partial charge in [-0.15, -0.1) is 0 Å². The van der Waals surface area contributed by atoms with Crippen LogP contribution in [0.25, 0.3) is 11.3 Å². The Balaban J connectivity index is 1.74. The molecule has 3 aromatic rings. The number of aryl methyl sites for hydroxylation is 3. The molecule has 2 aromatic carbocycles. The fourth-order valence-electron chi connectivity index (χ4n) is 2.87. The van der Waals surface area contributed by atoms with E-state index in [9.17, 15) is 13.2 Å². The van der Waals surface area contributed by atoms with Gasteiger partial charge in [-0.3, -0.25) is 4.79 Å². The van der Waals surface area contributed by atoms with Crippen molar-refractivity contribution in [3.05, 3.63) is 65.4 Å². The minimum Gasteiger partial charge on any atom is -0.356 e. The highest BCUT2D eigenvalue weighted by atomic mass is 32.2. The van der Waals surface area contributed by atoms with Gasteiger partial charge in [0.05, 0.1) is 16.3 Å². The molecule has 1 amide bonds. The Bertz CT molecular complexity index is 1120. The molecule has 0 atom stereocenters. The summed E-state index contributed by atoms with van der Waals surface area (Å²) in [6, 6.07) is 14.2. The van der Waals surface area contributed by atoms with Crippen LogP contribution in [0.3, 0.4) is 0 Å². The number of aromatic nitrogens is 1. The zero-order chi connectivity index (χ0) is 20.3. The van der Waals surface area contributed by atoms with Crippen molar-refractivity contribution in [2.75, 3.05) is 11.1 Å². The lowest BCUT2D eigenvalue weighted by Crippen LogP contribution is -2.18. The van der Waals surface area contributed by atoms with Gasteiger partial charge in [0.25, 0.3) is 0 Å². The second-order valence-electron chi connectivity index (χ2n) is 6.80. The van der Waals surface area contributed by atoms with E-state index in [0.29, 0.717) is 28.3 Å². The zero-order valence-electron chi connectivity index (χ0n) is 16.0.